The lowest BCUT2D eigenvalue weighted by Crippen LogP contribution is -2.49. The van der Waals surface area contributed by atoms with Gasteiger partial charge < -0.3 is 9.47 Å². The van der Waals surface area contributed by atoms with E-state index in [2.05, 4.69) is 16.8 Å². The summed E-state index contributed by atoms with van der Waals surface area (Å²) in [5.41, 5.74) is 1.02. The van der Waals surface area contributed by atoms with Gasteiger partial charge in [-0.1, -0.05) is 24.6 Å². The zero-order valence-corrected chi connectivity index (χ0v) is 22.1. The molecule has 9 heteroatoms. The number of carbonyl (C=O) groups excluding carboxylic acids is 1. The Balaban J connectivity index is 1.53. The maximum atomic E-state index is 14.0. The quantitative estimate of drug-likeness (QED) is 0.554. The van der Waals surface area contributed by atoms with Crippen molar-refractivity contribution in [2.45, 2.75) is 69.4 Å². The SMILES string of the molecule is CCCN1CCN(C(=O)CCC2CCCC(c3nccn3C)N2S(=O)(=O)c2ccc(C)cc2)CC1. The van der Waals surface area contributed by atoms with Gasteiger partial charge in [0.25, 0.3) is 0 Å². The highest BCUT2D eigenvalue weighted by molar-refractivity contribution is 7.89. The normalized spacial score (nSPS) is 22.4. The van der Waals surface area contributed by atoms with Crippen LogP contribution in [0.5, 0.6) is 0 Å². The maximum absolute atomic E-state index is 14.0. The summed E-state index contributed by atoms with van der Waals surface area (Å²) < 4.78 is 31.5. The standard InChI is InChI=1S/C26H39N5O3S/c1-4-15-29-17-19-30(20-18-29)25(32)13-10-22-6-5-7-24(26-27-14-16-28(26)3)31(22)35(33,34)23-11-8-21(2)9-12-23/h8-9,11-12,14,16,22,24H,4-7,10,13,15,17-20H2,1-3H3. The molecule has 0 bridgehead atoms. The van der Waals surface area contributed by atoms with E-state index in [1.54, 1.807) is 22.6 Å². The van der Waals surface area contributed by atoms with Gasteiger partial charge in [0.1, 0.15) is 5.82 Å². The number of carbonyl (C=O) groups is 1. The fourth-order valence-corrected chi connectivity index (χ4v) is 7.31. The van der Waals surface area contributed by atoms with Gasteiger partial charge in [-0.25, -0.2) is 13.4 Å². The Bertz CT molecular complexity index is 1090. The van der Waals surface area contributed by atoms with Crippen LogP contribution in [0.4, 0.5) is 0 Å². The van der Waals surface area contributed by atoms with E-state index in [9.17, 15) is 13.2 Å². The number of aromatic nitrogens is 2. The van der Waals surface area contributed by atoms with E-state index in [1.165, 1.54) is 0 Å². The number of imidazole rings is 1. The molecule has 1 aromatic carbocycles. The van der Waals surface area contributed by atoms with Crippen LogP contribution in [-0.4, -0.2) is 76.7 Å². The van der Waals surface area contributed by atoms with Crippen molar-refractivity contribution in [1.82, 2.24) is 23.7 Å². The molecule has 2 aliphatic rings. The molecule has 2 saturated heterocycles. The van der Waals surface area contributed by atoms with Crippen molar-refractivity contribution >= 4 is 15.9 Å². The van der Waals surface area contributed by atoms with Gasteiger partial charge in [0.05, 0.1) is 10.9 Å². The average Bonchev–Trinajstić information content (AvgIpc) is 3.29. The second-order valence-electron chi connectivity index (χ2n) is 9.91. The first-order valence-corrected chi connectivity index (χ1v) is 14.3. The van der Waals surface area contributed by atoms with E-state index in [1.807, 2.05) is 41.8 Å². The molecule has 0 spiro atoms. The monoisotopic (exact) mass is 501 g/mol. The molecule has 0 N–H and O–H groups in total. The molecule has 0 radical (unpaired) electrons. The first kappa shape index (κ1) is 25.9. The highest BCUT2D eigenvalue weighted by atomic mass is 32.2. The van der Waals surface area contributed by atoms with E-state index in [4.69, 9.17) is 0 Å². The summed E-state index contributed by atoms with van der Waals surface area (Å²) in [6.07, 6.45) is 7.98. The molecule has 2 aromatic rings. The zero-order valence-electron chi connectivity index (χ0n) is 21.3. The van der Waals surface area contributed by atoms with Crippen molar-refractivity contribution in [2.24, 2.45) is 7.05 Å². The van der Waals surface area contributed by atoms with Crippen LogP contribution >= 0.6 is 0 Å². The third-order valence-corrected chi connectivity index (χ3v) is 9.37. The zero-order chi connectivity index (χ0) is 25.0. The van der Waals surface area contributed by atoms with Crippen LogP contribution in [0, 0.1) is 6.92 Å². The maximum Gasteiger partial charge on any atom is 0.243 e. The summed E-state index contributed by atoms with van der Waals surface area (Å²) in [5, 5.41) is 0. The Hall–Kier alpha value is -2.23. The van der Waals surface area contributed by atoms with Crippen LogP contribution in [0.1, 0.15) is 62.9 Å². The van der Waals surface area contributed by atoms with Crippen LogP contribution in [0.15, 0.2) is 41.6 Å². The predicted octanol–water partition coefficient (Wildman–Crippen LogP) is 3.35. The van der Waals surface area contributed by atoms with Crippen molar-refractivity contribution in [2.75, 3.05) is 32.7 Å². The molecule has 1 amide bonds. The van der Waals surface area contributed by atoms with Crippen LogP contribution < -0.4 is 0 Å². The van der Waals surface area contributed by atoms with E-state index in [0.717, 1.165) is 69.8 Å². The summed E-state index contributed by atoms with van der Waals surface area (Å²) in [5.74, 6) is 0.886. The average molecular weight is 502 g/mol. The molecule has 0 aliphatic carbocycles. The van der Waals surface area contributed by atoms with Gasteiger partial charge in [0, 0.05) is 58.1 Å². The first-order valence-electron chi connectivity index (χ1n) is 12.9. The Morgan fingerprint density at radius 1 is 1.09 bits per heavy atom. The third-order valence-electron chi connectivity index (χ3n) is 7.39. The minimum Gasteiger partial charge on any atom is -0.340 e. The first-order chi connectivity index (χ1) is 16.8. The van der Waals surface area contributed by atoms with Crippen LogP contribution in [0.2, 0.25) is 0 Å². The molecule has 2 fully saturated rings. The molecule has 2 atom stereocenters. The minimum atomic E-state index is -3.76. The molecule has 8 nitrogen and oxygen atoms in total. The number of nitrogens with zero attached hydrogens (tertiary/aromatic N) is 5. The van der Waals surface area contributed by atoms with Gasteiger partial charge in [-0.3, -0.25) is 9.69 Å². The Morgan fingerprint density at radius 3 is 2.43 bits per heavy atom. The molecule has 1 aromatic heterocycles. The third kappa shape index (κ3) is 5.78. The summed E-state index contributed by atoms with van der Waals surface area (Å²) in [7, 11) is -1.85. The van der Waals surface area contributed by atoms with Gasteiger partial charge in [-0.2, -0.15) is 4.31 Å². The second-order valence-corrected chi connectivity index (χ2v) is 11.7. The van der Waals surface area contributed by atoms with Crippen LogP contribution in [0.3, 0.4) is 0 Å². The lowest BCUT2D eigenvalue weighted by atomic mass is 9.94. The van der Waals surface area contributed by atoms with Gasteiger partial charge in [0.15, 0.2) is 0 Å². The van der Waals surface area contributed by atoms with Crippen molar-refractivity contribution in [3.63, 3.8) is 0 Å². The van der Waals surface area contributed by atoms with Gasteiger partial charge in [0.2, 0.25) is 15.9 Å². The number of amides is 1. The number of piperazine rings is 1. The highest BCUT2D eigenvalue weighted by Gasteiger charge is 2.42. The number of piperidine rings is 1. The number of hydrogen-bond donors (Lipinski definition) is 0. The molecule has 2 aliphatic heterocycles. The van der Waals surface area contributed by atoms with E-state index in [-0.39, 0.29) is 18.0 Å². The largest absolute Gasteiger partial charge is 0.340 e. The summed E-state index contributed by atoms with van der Waals surface area (Å²) in [4.78, 5) is 22.2. The van der Waals surface area contributed by atoms with Crippen molar-refractivity contribution in [3.8, 4) is 0 Å². The fourth-order valence-electron chi connectivity index (χ4n) is 5.45. The lowest BCUT2D eigenvalue weighted by molar-refractivity contribution is -0.133. The minimum absolute atomic E-state index is 0.132. The number of rotatable bonds is 8. The van der Waals surface area contributed by atoms with E-state index >= 15 is 0 Å². The Kier molecular flexibility index (Phi) is 8.29. The molecule has 4 rings (SSSR count). The number of hydrogen-bond acceptors (Lipinski definition) is 5. The van der Waals surface area contributed by atoms with E-state index < -0.39 is 10.0 Å². The van der Waals surface area contributed by atoms with E-state index in [0.29, 0.717) is 17.7 Å². The van der Waals surface area contributed by atoms with Crippen molar-refractivity contribution in [1.29, 1.82) is 0 Å². The number of aryl methyl sites for hydroxylation is 2. The summed E-state index contributed by atoms with van der Waals surface area (Å²) in [6, 6.07) is 6.47. The predicted molar refractivity (Wildman–Crippen MR) is 136 cm³/mol. The second kappa shape index (κ2) is 11.2. The number of benzene rings is 1. The van der Waals surface area contributed by atoms with Crippen molar-refractivity contribution < 1.29 is 13.2 Å². The Labute approximate surface area is 210 Å². The van der Waals surface area contributed by atoms with Gasteiger partial charge >= 0.3 is 0 Å². The van der Waals surface area contributed by atoms with Crippen LogP contribution in [0.25, 0.3) is 0 Å². The molecular formula is C26H39N5O3S. The molecule has 3 heterocycles. The summed E-state index contributed by atoms with van der Waals surface area (Å²) in [6.45, 7) is 8.54. The topological polar surface area (TPSA) is 78.8 Å². The number of sulfonamides is 1. The molecular weight excluding hydrogens is 462 g/mol. The fraction of sp³-hybridized carbons (Fsp3) is 0.615. The van der Waals surface area contributed by atoms with Crippen LogP contribution in [-0.2, 0) is 21.9 Å². The lowest BCUT2D eigenvalue weighted by Gasteiger charge is -2.41. The van der Waals surface area contributed by atoms with Gasteiger partial charge in [-0.15, -0.1) is 0 Å². The molecule has 0 saturated carbocycles. The smallest absolute Gasteiger partial charge is 0.243 e. The van der Waals surface area contributed by atoms with Crippen molar-refractivity contribution in [3.05, 3.63) is 48.0 Å². The molecule has 35 heavy (non-hydrogen) atoms. The summed E-state index contributed by atoms with van der Waals surface area (Å²) >= 11 is 0. The highest BCUT2D eigenvalue weighted by Crippen LogP contribution is 2.39. The van der Waals surface area contributed by atoms with Gasteiger partial charge in [-0.05, 0) is 57.7 Å². The molecule has 2 unspecified atom stereocenters. The molecule has 192 valence electrons. The Morgan fingerprint density at radius 2 is 1.80 bits per heavy atom.